The zero-order valence-corrected chi connectivity index (χ0v) is 10.5. The molecule has 2 atom stereocenters. The fraction of sp³-hybridized carbons (Fsp3) is 0.600. The second-order valence-corrected chi connectivity index (χ2v) is 5.81. The summed E-state index contributed by atoms with van der Waals surface area (Å²) in [6, 6.07) is 0. The summed E-state index contributed by atoms with van der Waals surface area (Å²) in [7, 11) is -3.55. The Bertz CT molecular complexity index is 442. The van der Waals surface area contributed by atoms with Crippen LogP contribution >= 0.6 is 0 Å². The normalized spacial score (nSPS) is 15.8. The summed E-state index contributed by atoms with van der Waals surface area (Å²) in [5, 5.41) is 4.41. The van der Waals surface area contributed by atoms with Gasteiger partial charge in [0.1, 0.15) is 5.82 Å². The third-order valence-electron chi connectivity index (χ3n) is 2.76. The molecule has 0 saturated carbocycles. The predicted octanol–water partition coefficient (Wildman–Crippen LogP) is 0.820. The molecule has 0 saturated heterocycles. The fourth-order valence-corrected chi connectivity index (χ4v) is 1.97. The van der Waals surface area contributed by atoms with E-state index in [0.717, 1.165) is 12.0 Å². The summed E-state index contributed by atoms with van der Waals surface area (Å²) in [5.74, 6) is 0.208. The molecule has 0 amide bonds. The molecule has 2 unspecified atom stereocenters. The molecule has 1 aromatic heterocycles. The van der Waals surface area contributed by atoms with E-state index in [4.69, 9.17) is 5.14 Å². The van der Waals surface area contributed by atoms with Crippen LogP contribution in [0.15, 0.2) is 12.4 Å². The molecule has 0 aliphatic heterocycles. The molecular formula is C10H17N3O2S. The number of sulfonamides is 1. The van der Waals surface area contributed by atoms with E-state index in [-0.39, 0.29) is 5.92 Å². The van der Waals surface area contributed by atoms with Crippen LogP contribution in [-0.2, 0) is 16.4 Å². The van der Waals surface area contributed by atoms with Gasteiger partial charge in [0.15, 0.2) is 0 Å². The molecular weight excluding hydrogens is 226 g/mol. The lowest BCUT2D eigenvalue weighted by Gasteiger charge is -2.16. The van der Waals surface area contributed by atoms with E-state index in [2.05, 4.69) is 9.97 Å². The largest absolute Gasteiger partial charge is 0.241 e. The van der Waals surface area contributed by atoms with E-state index in [1.165, 1.54) is 0 Å². The first kappa shape index (κ1) is 13.1. The van der Waals surface area contributed by atoms with Crippen LogP contribution in [0.2, 0.25) is 0 Å². The van der Waals surface area contributed by atoms with E-state index < -0.39 is 15.3 Å². The van der Waals surface area contributed by atoms with Crippen molar-refractivity contribution in [3.05, 3.63) is 23.8 Å². The lowest BCUT2D eigenvalue weighted by molar-refractivity contribution is 0.564. The third-order valence-corrected chi connectivity index (χ3v) is 4.21. The average molecular weight is 243 g/mol. The van der Waals surface area contributed by atoms with Crippen LogP contribution in [0.5, 0.6) is 0 Å². The highest BCUT2D eigenvalue weighted by Crippen LogP contribution is 2.19. The summed E-state index contributed by atoms with van der Waals surface area (Å²) in [6.45, 7) is 5.34. The number of hydrogen-bond donors (Lipinski definition) is 1. The summed E-state index contributed by atoms with van der Waals surface area (Å²) in [5.41, 5.74) is 1.03. The number of primary sulfonamides is 1. The van der Waals surface area contributed by atoms with Crippen molar-refractivity contribution < 1.29 is 8.42 Å². The summed E-state index contributed by atoms with van der Waals surface area (Å²) < 4.78 is 22.4. The average Bonchev–Trinajstić information content (AvgIpc) is 2.26. The van der Waals surface area contributed by atoms with Gasteiger partial charge in [0, 0.05) is 18.3 Å². The van der Waals surface area contributed by atoms with E-state index in [1.807, 2.05) is 6.92 Å². The number of aromatic nitrogens is 2. The van der Waals surface area contributed by atoms with E-state index in [1.54, 1.807) is 26.2 Å². The Balaban J connectivity index is 2.92. The second kappa shape index (κ2) is 4.88. The minimum Gasteiger partial charge on any atom is -0.241 e. The Labute approximate surface area is 96.2 Å². The molecule has 1 rings (SSSR count). The van der Waals surface area contributed by atoms with Crippen molar-refractivity contribution in [1.82, 2.24) is 9.97 Å². The number of nitrogens with zero attached hydrogens (tertiary/aromatic N) is 2. The van der Waals surface area contributed by atoms with Gasteiger partial charge < -0.3 is 0 Å². The molecule has 0 aromatic carbocycles. The fourth-order valence-electron chi connectivity index (χ4n) is 1.28. The maximum atomic E-state index is 11.2. The Morgan fingerprint density at radius 1 is 1.31 bits per heavy atom. The van der Waals surface area contributed by atoms with Gasteiger partial charge in [-0.1, -0.05) is 13.8 Å². The minimum absolute atomic E-state index is 0.305. The number of rotatable bonds is 4. The zero-order chi connectivity index (χ0) is 12.3. The summed E-state index contributed by atoms with van der Waals surface area (Å²) >= 11 is 0. The predicted molar refractivity (Wildman–Crippen MR) is 62.4 cm³/mol. The molecule has 5 nitrogen and oxygen atoms in total. The molecule has 6 heteroatoms. The van der Waals surface area contributed by atoms with Gasteiger partial charge in [-0.25, -0.2) is 23.5 Å². The van der Waals surface area contributed by atoms with Crippen molar-refractivity contribution in [2.45, 2.75) is 38.4 Å². The van der Waals surface area contributed by atoms with Crippen molar-refractivity contribution in [3.8, 4) is 0 Å². The lowest BCUT2D eigenvalue weighted by Crippen LogP contribution is -2.31. The second-order valence-electron chi connectivity index (χ2n) is 3.89. The smallest absolute Gasteiger partial charge is 0.212 e. The zero-order valence-electron chi connectivity index (χ0n) is 9.71. The Morgan fingerprint density at radius 2 is 1.81 bits per heavy atom. The maximum Gasteiger partial charge on any atom is 0.212 e. The standard InChI is InChI=1S/C10H17N3O2S/c1-4-9-5-12-10(13-6-9)7(2)8(3)16(11,14)15/h5-8H,4H2,1-3H3,(H2,11,14,15). The van der Waals surface area contributed by atoms with Gasteiger partial charge in [-0.05, 0) is 18.9 Å². The summed E-state index contributed by atoms with van der Waals surface area (Å²) in [4.78, 5) is 8.31. The van der Waals surface area contributed by atoms with Gasteiger partial charge in [0.2, 0.25) is 10.0 Å². The number of nitrogens with two attached hydrogens (primary N) is 1. The van der Waals surface area contributed by atoms with Gasteiger partial charge in [0.25, 0.3) is 0 Å². The molecule has 1 heterocycles. The number of hydrogen-bond acceptors (Lipinski definition) is 4. The van der Waals surface area contributed by atoms with Gasteiger partial charge in [-0.2, -0.15) is 0 Å². The molecule has 0 spiro atoms. The van der Waals surface area contributed by atoms with Crippen LogP contribution in [0.25, 0.3) is 0 Å². The monoisotopic (exact) mass is 243 g/mol. The highest BCUT2D eigenvalue weighted by atomic mass is 32.2. The van der Waals surface area contributed by atoms with E-state index >= 15 is 0 Å². The van der Waals surface area contributed by atoms with Crippen molar-refractivity contribution in [2.75, 3.05) is 0 Å². The highest BCUT2D eigenvalue weighted by molar-refractivity contribution is 7.89. The van der Waals surface area contributed by atoms with Crippen molar-refractivity contribution in [3.63, 3.8) is 0 Å². The van der Waals surface area contributed by atoms with Gasteiger partial charge in [-0.15, -0.1) is 0 Å². The molecule has 0 radical (unpaired) electrons. The van der Waals surface area contributed by atoms with Crippen LogP contribution in [-0.4, -0.2) is 23.6 Å². The molecule has 16 heavy (non-hydrogen) atoms. The van der Waals surface area contributed by atoms with Crippen LogP contribution < -0.4 is 5.14 Å². The molecule has 1 aromatic rings. The third kappa shape index (κ3) is 2.99. The van der Waals surface area contributed by atoms with Crippen LogP contribution in [0.3, 0.4) is 0 Å². The SMILES string of the molecule is CCc1cnc(C(C)C(C)S(N)(=O)=O)nc1. The van der Waals surface area contributed by atoms with Crippen LogP contribution in [0.4, 0.5) is 0 Å². The van der Waals surface area contributed by atoms with E-state index in [0.29, 0.717) is 5.82 Å². The highest BCUT2D eigenvalue weighted by Gasteiger charge is 2.25. The molecule has 2 N–H and O–H groups in total. The molecule has 0 aliphatic carbocycles. The van der Waals surface area contributed by atoms with Crippen molar-refractivity contribution in [2.24, 2.45) is 5.14 Å². The first-order valence-corrected chi connectivity index (χ1v) is 6.79. The molecule has 0 aliphatic rings. The van der Waals surface area contributed by atoms with Gasteiger partial charge in [-0.3, -0.25) is 0 Å². The maximum absolute atomic E-state index is 11.2. The first-order chi connectivity index (χ1) is 7.36. The number of aryl methyl sites for hydroxylation is 1. The van der Waals surface area contributed by atoms with Crippen molar-refractivity contribution >= 4 is 10.0 Å². The Hall–Kier alpha value is -1.01. The lowest BCUT2D eigenvalue weighted by atomic mass is 10.1. The Morgan fingerprint density at radius 3 is 2.19 bits per heavy atom. The topological polar surface area (TPSA) is 85.9 Å². The van der Waals surface area contributed by atoms with Crippen LogP contribution in [0, 0.1) is 0 Å². The van der Waals surface area contributed by atoms with Gasteiger partial charge >= 0.3 is 0 Å². The first-order valence-electron chi connectivity index (χ1n) is 5.18. The molecule has 0 fully saturated rings. The van der Waals surface area contributed by atoms with Crippen LogP contribution in [0.1, 0.15) is 38.1 Å². The van der Waals surface area contributed by atoms with Gasteiger partial charge in [0.05, 0.1) is 5.25 Å². The van der Waals surface area contributed by atoms with Crippen molar-refractivity contribution in [1.29, 1.82) is 0 Å². The minimum atomic E-state index is -3.55. The quantitative estimate of drug-likeness (QED) is 0.848. The summed E-state index contributed by atoms with van der Waals surface area (Å²) in [6.07, 6.45) is 4.29. The Kier molecular flexibility index (Phi) is 3.98. The van der Waals surface area contributed by atoms with E-state index in [9.17, 15) is 8.42 Å². The molecule has 0 bridgehead atoms. The molecule has 90 valence electrons.